The number of primary sulfonamides is 1. The molecular weight excluding hydrogens is 805 g/mol. The first kappa shape index (κ1) is 41.9. The molecule has 16 nitrogen and oxygen atoms in total. The van der Waals surface area contributed by atoms with Gasteiger partial charge in [-0.2, -0.15) is 0 Å². The molecule has 2 amide bonds. The van der Waals surface area contributed by atoms with Crippen LogP contribution < -0.4 is 19.9 Å². The number of carbonyl (C=O) groups is 1. The summed E-state index contributed by atoms with van der Waals surface area (Å²) in [6.07, 6.45) is 22.0. The van der Waals surface area contributed by atoms with E-state index in [2.05, 4.69) is 32.1 Å². The zero-order valence-corrected chi connectivity index (χ0v) is 36.0. The van der Waals surface area contributed by atoms with Crippen molar-refractivity contribution < 1.29 is 26.4 Å². The second kappa shape index (κ2) is 17.3. The molecule has 320 valence electrons. The fraction of sp³-hybridized carbons (Fsp3) is 0.524. The first-order chi connectivity index (χ1) is 28.8. The number of aromatic nitrogens is 4. The number of nitriles is 1. The number of carbonyl (C=O) groups excluding carboxylic acids is 1. The van der Waals surface area contributed by atoms with Gasteiger partial charge in [0.05, 0.1) is 13.1 Å². The Kier molecular flexibility index (Phi) is 12.1. The minimum absolute atomic E-state index is 0.394. The molecule has 2 aromatic heterocycles. The van der Waals surface area contributed by atoms with Crippen LogP contribution in [0, 0.1) is 11.5 Å². The molecule has 0 unspecified atom stereocenters. The van der Waals surface area contributed by atoms with E-state index in [1.807, 2.05) is 51.7 Å². The molecule has 0 atom stereocenters. The van der Waals surface area contributed by atoms with Crippen LogP contribution in [0.4, 0.5) is 10.5 Å². The van der Waals surface area contributed by atoms with E-state index in [0.29, 0.717) is 39.3 Å². The Morgan fingerprint density at radius 1 is 0.733 bits per heavy atom. The number of rotatable bonds is 9. The zero-order chi connectivity index (χ0) is 42.2. The molecule has 0 radical (unpaired) electrons. The lowest BCUT2D eigenvalue weighted by molar-refractivity contribution is 0.169. The average Bonchev–Trinajstić information content (AvgIpc) is 4.01. The maximum Gasteiger partial charge on any atom is 0.332 e. The van der Waals surface area contributed by atoms with Gasteiger partial charge in [0.1, 0.15) is 27.9 Å². The lowest BCUT2D eigenvalue weighted by atomic mass is 9.99. The number of ether oxygens (including phenoxy) is 1. The Hall–Kier alpha value is -4.80. The van der Waals surface area contributed by atoms with Crippen molar-refractivity contribution in [2.24, 2.45) is 19.2 Å². The topological polar surface area (TPSA) is 211 Å². The van der Waals surface area contributed by atoms with E-state index in [9.17, 15) is 21.6 Å². The summed E-state index contributed by atoms with van der Waals surface area (Å²) in [5, 5.41) is 15.6. The standard InChI is InChI=1S/C21H27N5O3S.C13H13NO.C8H14N4O2S/c1-25-9-8-22-19(25)13-26-11-16(12-26)30(28,29)24-21(27)23-20-17-6-2-4-14(17)10-15-5-3-7-18(15)20;14-8-15-13-11-5-1-3-9(11)7-10-4-2-6-12(10)13;1-11-3-2-10-8(11)6-12-4-7(5-12)15(9,13)14/h8-10,16H,2-7,11-13H2,1H3,(H2,23,24,27);7H,1-6H2;2-3,7H,4-6H2,1H3,(H2,9,13,14). The van der Waals surface area contributed by atoms with Crippen LogP contribution in [0.1, 0.15) is 81.8 Å². The second-order valence-corrected chi connectivity index (χ2v) is 20.7. The molecule has 4 N–H and O–H groups in total. The van der Waals surface area contributed by atoms with Crippen LogP contribution in [0.5, 0.6) is 5.75 Å². The van der Waals surface area contributed by atoms with E-state index in [-0.39, 0.29) is 0 Å². The first-order valence-corrected chi connectivity index (χ1v) is 24.0. The molecule has 0 saturated carbocycles. The molecule has 6 aliphatic rings. The molecule has 18 heteroatoms. The van der Waals surface area contributed by atoms with Gasteiger partial charge in [0.15, 0.2) is 0 Å². The quantitative estimate of drug-likeness (QED) is 0.208. The van der Waals surface area contributed by atoms with Crippen molar-refractivity contribution in [1.82, 2.24) is 33.6 Å². The average molecular weight is 859 g/mol. The summed E-state index contributed by atoms with van der Waals surface area (Å²) in [4.78, 5) is 25.1. The molecule has 60 heavy (non-hydrogen) atoms. The lowest BCUT2D eigenvalue weighted by Gasteiger charge is -2.38. The second-order valence-electron chi connectivity index (χ2n) is 16.8. The molecule has 2 saturated heterocycles. The van der Waals surface area contributed by atoms with Crippen molar-refractivity contribution in [2.75, 3.05) is 31.5 Å². The summed E-state index contributed by atoms with van der Waals surface area (Å²) in [6.45, 7) is 3.08. The van der Waals surface area contributed by atoms with Crippen LogP contribution in [0.3, 0.4) is 0 Å². The van der Waals surface area contributed by atoms with Crippen LogP contribution in [-0.4, -0.2) is 88.4 Å². The number of urea groups is 1. The highest BCUT2D eigenvalue weighted by Gasteiger charge is 2.39. The predicted molar refractivity (Wildman–Crippen MR) is 226 cm³/mol. The number of amides is 2. The fourth-order valence-corrected chi connectivity index (χ4v) is 11.6. The van der Waals surface area contributed by atoms with Gasteiger partial charge in [0.2, 0.25) is 20.0 Å². The van der Waals surface area contributed by atoms with E-state index in [0.717, 1.165) is 87.3 Å². The molecule has 0 spiro atoms. The number of nitrogens with one attached hydrogen (secondary N) is 2. The van der Waals surface area contributed by atoms with Gasteiger partial charge in [-0.05, 0) is 122 Å². The highest BCUT2D eigenvalue weighted by Crippen LogP contribution is 2.40. The number of aryl methyl sites for hydroxylation is 6. The normalized spacial score (nSPS) is 18.4. The number of fused-ring (bicyclic) bond motifs is 4. The zero-order valence-electron chi connectivity index (χ0n) is 34.3. The van der Waals surface area contributed by atoms with E-state index in [1.54, 1.807) is 12.4 Å². The fourth-order valence-electron chi connectivity index (χ4n) is 9.46. The number of benzene rings is 2. The van der Waals surface area contributed by atoms with Crippen LogP contribution >= 0.6 is 0 Å². The van der Waals surface area contributed by atoms with Crippen molar-refractivity contribution in [3.63, 3.8) is 0 Å². The van der Waals surface area contributed by atoms with Gasteiger partial charge in [-0.15, -0.1) is 5.26 Å². The molecule has 0 bridgehead atoms. The van der Waals surface area contributed by atoms with Crippen molar-refractivity contribution in [3.8, 4) is 12.0 Å². The third-order valence-corrected chi connectivity index (χ3v) is 15.7. The molecule has 2 aliphatic heterocycles. The minimum atomic E-state index is -3.72. The molecule has 10 rings (SSSR count). The third-order valence-electron chi connectivity index (χ3n) is 12.8. The summed E-state index contributed by atoms with van der Waals surface area (Å²) in [5.41, 5.74) is 11.3. The summed E-state index contributed by atoms with van der Waals surface area (Å²) in [7, 11) is -3.25. The molecule has 4 aromatic rings. The summed E-state index contributed by atoms with van der Waals surface area (Å²) in [6, 6.07) is 3.98. The maximum atomic E-state index is 12.7. The van der Waals surface area contributed by atoms with E-state index < -0.39 is 36.6 Å². The van der Waals surface area contributed by atoms with E-state index in [4.69, 9.17) is 15.1 Å². The molecule has 4 heterocycles. The number of anilines is 1. The summed E-state index contributed by atoms with van der Waals surface area (Å²) < 4.78 is 58.6. The Morgan fingerprint density at radius 2 is 1.17 bits per heavy atom. The minimum Gasteiger partial charge on any atom is -0.387 e. The van der Waals surface area contributed by atoms with Crippen molar-refractivity contribution in [1.29, 1.82) is 5.26 Å². The molecule has 4 aliphatic carbocycles. The lowest BCUT2D eigenvalue weighted by Crippen LogP contribution is -2.58. The predicted octanol–water partition coefficient (Wildman–Crippen LogP) is 3.15. The SMILES string of the molecule is Cn1ccnc1CN1CC(S(=O)(=O)NC(=O)Nc2c3c(cc4c2CCC4)CCC3)C1.Cn1ccnc1CN1CC(S(N)(=O)=O)C1.N#COc1c2c(cc3c1CCC3)CCC2. The van der Waals surface area contributed by atoms with Gasteiger partial charge in [0, 0.05) is 70.7 Å². The van der Waals surface area contributed by atoms with Crippen molar-refractivity contribution >= 4 is 31.8 Å². The number of nitrogens with zero attached hydrogens (tertiary/aromatic N) is 7. The smallest absolute Gasteiger partial charge is 0.332 e. The van der Waals surface area contributed by atoms with Crippen molar-refractivity contribution in [3.05, 3.63) is 93.1 Å². The molecule has 2 fully saturated rings. The first-order valence-electron chi connectivity index (χ1n) is 20.9. The van der Waals surface area contributed by atoms with Gasteiger partial charge in [-0.25, -0.2) is 41.5 Å². The maximum absolute atomic E-state index is 12.7. The highest BCUT2D eigenvalue weighted by molar-refractivity contribution is 7.90. The number of imidazole rings is 2. The highest BCUT2D eigenvalue weighted by atomic mass is 32.2. The van der Waals surface area contributed by atoms with E-state index in [1.165, 1.54) is 57.3 Å². The Balaban J connectivity index is 0.000000139. The number of hydrogen-bond acceptors (Lipinski definition) is 11. The third kappa shape index (κ3) is 8.96. The summed E-state index contributed by atoms with van der Waals surface area (Å²) >= 11 is 0. The Bertz CT molecular complexity index is 2470. The Morgan fingerprint density at radius 3 is 1.58 bits per heavy atom. The van der Waals surface area contributed by atoms with Crippen LogP contribution in [0.2, 0.25) is 0 Å². The van der Waals surface area contributed by atoms with Crippen LogP contribution in [-0.2, 0) is 98.6 Å². The number of nitrogens with two attached hydrogens (primary N) is 1. The van der Waals surface area contributed by atoms with Gasteiger partial charge in [-0.3, -0.25) is 9.80 Å². The van der Waals surface area contributed by atoms with Crippen LogP contribution in [0.25, 0.3) is 0 Å². The molecule has 2 aromatic carbocycles. The monoisotopic (exact) mass is 858 g/mol. The van der Waals surface area contributed by atoms with Gasteiger partial charge in [-0.1, -0.05) is 12.1 Å². The van der Waals surface area contributed by atoms with Crippen molar-refractivity contribution in [2.45, 2.75) is 101 Å². The van der Waals surface area contributed by atoms with E-state index >= 15 is 0 Å². The van der Waals surface area contributed by atoms with Gasteiger partial charge < -0.3 is 19.2 Å². The molecular formula is C42H54N10O6S2. The number of hydrogen-bond donors (Lipinski definition) is 3. The Labute approximate surface area is 352 Å². The van der Waals surface area contributed by atoms with Gasteiger partial charge >= 0.3 is 6.03 Å². The number of likely N-dealkylation sites (tertiary alicyclic amines) is 2. The number of sulfonamides is 2. The largest absolute Gasteiger partial charge is 0.387 e. The van der Waals surface area contributed by atoms with Crippen LogP contribution in [0.15, 0.2) is 36.9 Å². The van der Waals surface area contributed by atoms with Gasteiger partial charge in [0.25, 0.3) is 6.26 Å². The summed E-state index contributed by atoms with van der Waals surface area (Å²) in [5.74, 6) is 2.73.